The monoisotopic (exact) mass is 339 g/mol. The number of carbonyl (C=O) groups excluding carboxylic acids is 2. The van der Waals surface area contributed by atoms with Crippen LogP contribution in [0.2, 0.25) is 0 Å². The Morgan fingerprint density at radius 1 is 1.04 bits per heavy atom. The predicted molar refractivity (Wildman–Crippen MR) is 96.3 cm³/mol. The van der Waals surface area contributed by atoms with Crippen LogP contribution in [0.1, 0.15) is 24.5 Å². The average Bonchev–Trinajstić information content (AvgIpc) is 2.66. The summed E-state index contributed by atoms with van der Waals surface area (Å²) >= 11 is 0. The van der Waals surface area contributed by atoms with Crippen LogP contribution >= 0.6 is 0 Å². The maximum Gasteiger partial charge on any atom is 0.329 e. The molecule has 0 spiro atoms. The molecule has 0 fully saturated rings. The van der Waals surface area contributed by atoms with Gasteiger partial charge in [-0.2, -0.15) is 5.10 Å². The fourth-order valence-electron chi connectivity index (χ4n) is 1.94. The molecule has 130 valence electrons. The smallest absolute Gasteiger partial charge is 0.329 e. The number of nitrogens with one attached hydrogen (secondary N) is 2. The highest BCUT2D eigenvalue weighted by Crippen LogP contribution is 2.11. The lowest BCUT2D eigenvalue weighted by Crippen LogP contribution is -2.37. The van der Waals surface area contributed by atoms with Gasteiger partial charge in [-0.05, 0) is 41.8 Å². The van der Waals surface area contributed by atoms with Crippen LogP contribution < -0.4 is 15.5 Å². The second-order valence-electron chi connectivity index (χ2n) is 5.28. The minimum Gasteiger partial charge on any atom is -0.494 e. The highest BCUT2D eigenvalue weighted by molar-refractivity contribution is 6.35. The van der Waals surface area contributed by atoms with Crippen molar-refractivity contribution >= 4 is 18.0 Å². The number of amides is 2. The van der Waals surface area contributed by atoms with Crippen LogP contribution in [0, 0.1) is 0 Å². The Morgan fingerprint density at radius 2 is 1.76 bits per heavy atom. The third-order valence-electron chi connectivity index (χ3n) is 3.23. The summed E-state index contributed by atoms with van der Waals surface area (Å²) in [6, 6.07) is 16.6. The summed E-state index contributed by atoms with van der Waals surface area (Å²) < 4.78 is 5.48. The summed E-state index contributed by atoms with van der Waals surface area (Å²) in [6.45, 7) is 3.00. The van der Waals surface area contributed by atoms with Gasteiger partial charge < -0.3 is 10.1 Å². The Balaban J connectivity index is 1.76. The molecule has 0 saturated heterocycles. The number of hydrazone groups is 1. The summed E-state index contributed by atoms with van der Waals surface area (Å²) in [6.07, 6.45) is 2.41. The summed E-state index contributed by atoms with van der Waals surface area (Å²) in [5.41, 5.74) is 3.90. The molecule has 6 heteroatoms. The van der Waals surface area contributed by atoms with Crippen molar-refractivity contribution in [1.29, 1.82) is 0 Å². The van der Waals surface area contributed by atoms with E-state index in [0.717, 1.165) is 23.3 Å². The minimum atomic E-state index is -0.810. The van der Waals surface area contributed by atoms with Gasteiger partial charge in [0.05, 0.1) is 12.8 Å². The lowest BCUT2D eigenvalue weighted by atomic mass is 10.2. The van der Waals surface area contributed by atoms with Gasteiger partial charge in [0.1, 0.15) is 5.75 Å². The van der Waals surface area contributed by atoms with Crippen molar-refractivity contribution in [2.24, 2.45) is 5.10 Å². The topological polar surface area (TPSA) is 79.8 Å². The summed E-state index contributed by atoms with van der Waals surface area (Å²) in [5.74, 6) is -0.761. The first-order valence-electron chi connectivity index (χ1n) is 8.07. The quantitative estimate of drug-likeness (QED) is 0.461. The van der Waals surface area contributed by atoms with Crippen LogP contribution in [0.25, 0.3) is 0 Å². The molecule has 0 aliphatic rings. The van der Waals surface area contributed by atoms with E-state index in [1.54, 1.807) is 0 Å². The van der Waals surface area contributed by atoms with Crippen molar-refractivity contribution in [3.05, 3.63) is 65.7 Å². The molecule has 2 aromatic rings. The molecule has 0 unspecified atom stereocenters. The van der Waals surface area contributed by atoms with Crippen molar-refractivity contribution in [2.45, 2.75) is 19.9 Å². The standard InChI is InChI=1S/C19H21N3O3/c1-2-12-25-17-10-8-16(9-11-17)14-21-22-19(24)18(23)20-13-15-6-4-3-5-7-15/h3-11,14H,2,12-13H2,1H3,(H,20,23)(H,22,24)/b21-14+. The molecule has 2 amide bonds. The number of ether oxygens (including phenoxy) is 1. The van der Waals surface area contributed by atoms with Crippen molar-refractivity contribution in [3.8, 4) is 5.75 Å². The highest BCUT2D eigenvalue weighted by Gasteiger charge is 2.11. The molecule has 0 aromatic heterocycles. The average molecular weight is 339 g/mol. The third-order valence-corrected chi connectivity index (χ3v) is 3.23. The van der Waals surface area contributed by atoms with Crippen LogP contribution in [0.5, 0.6) is 5.75 Å². The maximum atomic E-state index is 11.7. The Hall–Kier alpha value is -3.15. The largest absolute Gasteiger partial charge is 0.494 e. The lowest BCUT2D eigenvalue weighted by molar-refractivity contribution is -0.139. The number of nitrogens with zero attached hydrogens (tertiary/aromatic N) is 1. The van der Waals surface area contributed by atoms with Gasteiger partial charge in [0.15, 0.2) is 0 Å². The van der Waals surface area contributed by atoms with Crippen molar-refractivity contribution in [1.82, 2.24) is 10.7 Å². The fourth-order valence-corrected chi connectivity index (χ4v) is 1.94. The Kier molecular flexibility index (Phi) is 7.18. The van der Waals surface area contributed by atoms with Crippen LogP contribution in [0.4, 0.5) is 0 Å². The van der Waals surface area contributed by atoms with Gasteiger partial charge in [-0.25, -0.2) is 5.43 Å². The Bertz CT molecular complexity index is 712. The normalized spacial score (nSPS) is 10.4. The molecule has 0 atom stereocenters. The lowest BCUT2D eigenvalue weighted by Gasteiger charge is -2.04. The SMILES string of the molecule is CCCOc1ccc(/C=N/NC(=O)C(=O)NCc2ccccc2)cc1. The van der Waals surface area contributed by atoms with Crippen LogP contribution in [-0.2, 0) is 16.1 Å². The molecule has 0 aliphatic heterocycles. The van der Waals surface area contributed by atoms with E-state index in [1.165, 1.54) is 6.21 Å². The van der Waals surface area contributed by atoms with Gasteiger partial charge in [0.25, 0.3) is 0 Å². The molecular weight excluding hydrogens is 318 g/mol. The zero-order valence-electron chi connectivity index (χ0n) is 14.1. The molecule has 2 N–H and O–H groups in total. The van der Waals surface area contributed by atoms with E-state index in [1.807, 2.05) is 61.5 Å². The van der Waals surface area contributed by atoms with Gasteiger partial charge in [0, 0.05) is 6.54 Å². The van der Waals surface area contributed by atoms with Crippen molar-refractivity contribution < 1.29 is 14.3 Å². The number of carbonyl (C=O) groups is 2. The van der Waals surface area contributed by atoms with Gasteiger partial charge >= 0.3 is 11.8 Å². The predicted octanol–water partition coefficient (Wildman–Crippen LogP) is 2.24. The van der Waals surface area contributed by atoms with E-state index in [9.17, 15) is 9.59 Å². The van der Waals surface area contributed by atoms with E-state index >= 15 is 0 Å². The number of hydrogen-bond donors (Lipinski definition) is 2. The molecule has 0 bridgehead atoms. The molecule has 25 heavy (non-hydrogen) atoms. The first-order chi connectivity index (χ1) is 12.2. The van der Waals surface area contributed by atoms with Crippen molar-refractivity contribution in [2.75, 3.05) is 6.61 Å². The van der Waals surface area contributed by atoms with E-state index in [-0.39, 0.29) is 6.54 Å². The molecular formula is C19H21N3O3. The van der Waals surface area contributed by atoms with Crippen LogP contribution in [0.3, 0.4) is 0 Å². The van der Waals surface area contributed by atoms with Crippen LogP contribution in [0.15, 0.2) is 59.7 Å². The van der Waals surface area contributed by atoms with Gasteiger partial charge in [-0.3, -0.25) is 9.59 Å². The van der Waals surface area contributed by atoms with Gasteiger partial charge in [-0.1, -0.05) is 37.3 Å². The second-order valence-corrected chi connectivity index (χ2v) is 5.28. The number of hydrogen-bond acceptors (Lipinski definition) is 4. The van der Waals surface area contributed by atoms with E-state index in [0.29, 0.717) is 6.61 Å². The summed E-state index contributed by atoms with van der Waals surface area (Å²) in [5, 5.41) is 6.32. The van der Waals surface area contributed by atoms with E-state index in [2.05, 4.69) is 15.8 Å². The molecule has 2 aromatic carbocycles. The van der Waals surface area contributed by atoms with E-state index in [4.69, 9.17) is 4.74 Å². The molecule has 0 saturated carbocycles. The van der Waals surface area contributed by atoms with Crippen molar-refractivity contribution in [3.63, 3.8) is 0 Å². The zero-order valence-corrected chi connectivity index (χ0v) is 14.1. The maximum absolute atomic E-state index is 11.7. The molecule has 0 heterocycles. The Morgan fingerprint density at radius 3 is 2.44 bits per heavy atom. The Labute approximate surface area is 146 Å². The van der Waals surface area contributed by atoms with Crippen LogP contribution in [-0.4, -0.2) is 24.6 Å². The van der Waals surface area contributed by atoms with Gasteiger partial charge in [0.2, 0.25) is 0 Å². The molecule has 6 nitrogen and oxygen atoms in total. The molecule has 2 rings (SSSR count). The molecule has 0 aliphatic carbocycles. The highest BCUT2D eigenvalue weighted by atomic mass is 16.5. The summed E-state index contributed by atoms with van der Waals surface area (Å²) in [4.78, 5) is 23.4. The van der Waals surface area contributed by atoms with Gasteiger partial charge in [-0.15, -0.1) is 0 Å². The fraction of sp³-hybridized carbons (Fsp3) is 0.211. The number of rotatable bonds is 7. The first-order valence-corrected chi connectivity index (χ1v) is 8.07. The van der Waals surface area contributed by atoms with E-state index < -0.39 is 11.8 Å². The third kappa shape index (κ3) is 6.47. The first kappa shape index (κ1) is 18.2. The molecule has 0 radical (unpaired) electrons. The zero-order chi connectivity index (χ0) is 17.9. The summed E-state index contributed by atoms with van der Waals surface area (Å²) in [7, 11) is 0. The number of benzene rings is 2. The second kappa shape index (κ2) is 9.87. The minimum absolute atomic E-state index is 0.288.